The summed E-state index contributed by atoms with van der Waals surface area (Å²) < 4.78 is 6.60. The number of hydrogen-bond donors (Lipinski definition) is 0. The van der Waals surface area contributed by atoms with E-state index in [1.165, 1.54) is 29.1 Å². The molecule has 1 heterocycles. The maximum Gasteiger partial charge on any atom is 0.313 e. The molecule has 0 aliphatic carbocycles. The molecule has 1 aromatic carbocycles. The number of ether oxygens (including phenoxy) is 1. The van der Waals surface area contributed by atoms with Gasteiger partial charge < -0.3 is 9.30 Å². The summed E-state index contributed by atoms with van der Waals surface area (Å²) in [4.78, 5) is 36.7. The van der Waals surface area contributed by atoms with Crippen LogP contribution in [0, 0.1) is 10.1 Å². The number of hydrogen-bond acceptors (Lipinski definition) is 6. The number of aryl methyl sites for hydroxylation is 1. The molecule has 2 rings (SSSR count). The lowest BCUT2D eigenvalue weighted by molar-refractivity contribution is -0.385. The van der Waals surface area contributed by atoms with Crippen molar-refractivity contribution in [1.29, 1.82) is 0 Å². The van der Waals surface area contributed by atoms with Crippen LogP contribution in [0.15, 0.2) is 35.4 Å². The molecule has 0 saturated heterocycles. The molecule has 108 valence electrons. The average Bonchev–Trinajstić information content (AvgIpc) is 2.49. The number of aldehydes is 1. The number of benzene rings is 1. The van der Waals surface area contributed by atoms with Crippen LogP contribution in [0.3, 0.4) is 0 Å². The van der Waals surface area contributed by atoms with Crippen LogP contribution in [-0.4, -0.2) is 20.8 Å². The van der Waals surface area contributed by atoms with Gasteiger partial charge in [-0.1, -0.05) is 0 Å². The van der Waals surface area contributed by atoms with Crippen molar-refractivity contribution in [3.8, 4) is 11.6 Å². The average molecular weight is 289 g/mol. The first-order valence-electron chi connectivity index (χ1n) is 6.03. The second-order valence-corrected chi connectivity index (χ2v) is 4.03. The van der Waals surface area contributed by atoms with Crippen molar-refractivity contribution in [2.24, 2.45) is 0 Å². The third kappa shape index (κ3) is 2.94. The van der Waals surface area contributed by atoms with Gasteiger partial charge in [0.05, 0.1) is 4.92 Å². The molecule has 0 atom stereocenters. The highest BCUT2D eigenvalue weighted by Gasteiger charge is 2.18. The first kappa shape index (κ1) is 14.4. The van der Waals surface area contributed by atoms with Crippen molar-refractivity contribution in [2.75, 3.05) is 0 Å². The first-order valence-corrected chi connectivity index (χ1v) is 6.03. The summed E-state index contributed by atoms with van der Waals surface area (Å²) in [6.45, 7) is 2.19. The van der Waals surface area contributed by atoms with Gasteiger partial charge in [0.15, 0.2) is 0 Å². The van der Waals surface area contributed by atoms with Crippen molar-refractivity contribution < 1.29 is 14.5 Å². The fourth-order valence-electron chi connectivity index (χ4n) is 1.69. The first-order chi connectivity index (χ1) is 10.1. The Morgan fingerprint density at radius 3 is 2.86 bits per heavy atom. The van der Waals surface area contributed by atoms with Crippen molar-refractivity contribution in [2.45, 2.75) is 13.5 Å². The Labute approximate surface area is 118 Å². The van der Waals surface area contributed by atoms with Crippen LogP contribution >= 0.6 is 0 Å². The molecule has 0 fully saturated rings. The summed E-state index contributed by atoms with van der Waals surface area (Å²) in [5.74, 6) is -0.412. The molecule has 21 heavy (non-hydrogen) atoms. The Morgan fingerprint density at radius 1 is 1.48 bits per heavy atom. The van der Waals surface area contributed by atoms with E-state index in [0.717, 1.165) is 6.07 Å². The standard InChI is InChI=1S/C13H11N3O5/c1-2-15-6-5-14-12(13(15)18)21-11-4-3-9(8-17)7-10(11)16(19)20/h3-8H,2H2,1H3. The van der Waals surface area contributed by atoms with E-state index in [0.29, 0.717) is 12.8 Å². The summed E-state index contributed by atoms with van der Waals surface area (Å²) in [6, 6.07) is 3.69. The van der Waals surface area contributed by atoms with E-state index in [2.05, 4.69) is 4.98 Å². The molecule has 8 heteroatoms. The maximum absolute atomic E-state index is 12.0. The minimum absolute atomic E-state index is 0.140. The molecule has 0 aliphatic rings. The summed E-state index contributed by atoms with van der Waals surface area (Å²) >= 11 is 0. The number of carbonyl (C=O) groups excluding carboxylic acids is 1. The summed E-state index contributed by atoms with van der Waals surface area (Å²) in [5, 5.41) is 11.0. The Kier molecular flexibility index (Phi) is 4.07. The predicted molar refractivity (Wildman–Crippen MR) is 72.7 cm³/mol. The van der Waals surface area contributed by atoms with E-state index in [4.69, 9.17) is 4.74 Å². The molecule has 0 N–H and O–H groups in total. The lowest BCUT2D eigenvalue weighted by Gasteiger charge is -2.07. The van der Waals surface area contributed by atoms with Crippen LogP contribution in [0.5, 0.6) is 11.6 Å². The SMILES string of the molecule is CCn1ccnc(Oc2ccc(C=O)cc2[N+](=O)[O-])c1=O. The van der Waals surface area contributed by atoms with Gasteiger partial charge >= 0.3 is 11.2 Å². The van der Waals surface area contributed by atoms with Crippen molar-refractivity contribution in [1.82, 2.24) is 9.55 Å². The van der Waals surface area contributed by atoms with E-state index in [9.17, 15) is 19.7 Å². The predicted octanol–water partition coefficient (Wildman–Crippen LogP) is 1.78. The molecular weight excluding hydrogens is 278 g/mol. The van der Waals surface area contributed by atoms with Gasteiger partial charge in [-0.05, 0) is 19.1 Å². The van der Waals surface area contributed by atoms with Crippen LogP contribution in [0.25, 0.3) is 0 Å². The van der Waals surface area contributed by atoms with Crippen LogP contribution in [0.4, 0.5) is 5.69 Å². The number of nitro groups is 1. The van der Waals surface area contributed by atoms with Gasteiger partial charge in [-0.3, -0.25) is 19.7 Å². The van der Waals surface area contributed by atoms with E-state index in [1.54, 1.807) is 6.92 Å². The lowest BCUT2D eigenvalue weighted by Crippen LogP contribution is -2.20. The molecule has 0 aliphatic heterocycles. The van der Waals surface area contributed by atoms with Gasteiger partial charge in [0.25, 0.3) is 5.88 Å². The smallest absolute Gasteiger partial charge is 0.313 e. The monoisotopic (exact) mass is 289 g/mol. The molecule has 0 unspecified atom stereocenters. The molecule has 0 bridgehead atoms. The largest absolute Gasteiger partial charge is 0.427 e. The number of rotatable bonds is 5. The van der Waals surface area contributed by atoms with Crippen LogP contribution in [-0.2, 0) is 6.54 Å². The van der Waals surface area contributed by atoms with E-state index in [1.807, 2.05) is 0 Å². The highest BCUT2D eigenvalue weighted by Crippen LogP contribution is 2.29. The zero-order chi connectivity index (χ0) is 15.4. The Balaban J connectivity index is 2.47. The second kappa shape index (κ2) is 5.95. The molecular formula is C13H11N3O5. The van der Waals surface area contributed by atoms with Gasteiger partial charge in [0.1, 0.15) is 6.29 Å². The topological polar surface area (TPSA) is 104 Å². The van der Waals surface area contributed by atoms with Gasteiger partial charge in [-0.25, -0.2) is 4.98 Å². The second-order valence-electron chi connectivity index (χ2n) is 4.03. The van der Waals surface area contributed by atoms with Crippen molar-refractivity contribution >= 4 is 12.0 Å². The molecule has 1 aromatic heterocycles. The van der Waals surface area contributed by atoms with Gasteiger partial charge in [-0.15, -0.1) is 0 Å². The highest BCUT2D eigenvalue weighted by atomic mass is 16.6. The number of nitro benzene ring substituents is 1. The number of carbonyl (C=O) groups is 1. The minimum Gasteiger partial charge on any atom is -0.427 e. The summed E-state index contributed by atoms with van der Waals surface area (Å²) in [5.41, 5.74) is -0.762. The molecule has 0 radical (unpaired) electrons. The third-order valence-electron chi connectivity index (χ3n) is 2.75. The maximum atomic E-state index is 12.0. The van der Waals surface area contributed by atoms with Gasteiger partial charge in [0.2, 0.25) is 5.75 Å². The Hall–Kier alpha value is -3.03. The van der Waals surface area contributed by atoms with Crippen LogP contribution in [0.1, 0.15) is 17.3 Å². The van der Waals surface area contributed by atoms with Gasteiger partial charge in [0, 0.05) is 30.6 Å². The lowest BCUT2D eigenvalue weighted by atomic mass is 10.2. The normalized spacial score (nSPS) is 10.1. The highest BCUT2D eigenvalue weighted by molar-refractivity contribution is 5.77. The molecule has 2 aromatic rings. The van der Waals surface area contributed by atoms with E-state index >= 15 is 0 Å². The minimum atomic E-state index is -0.691. The van der Waals surface area contributed by atoms with E-state index in [-0.39, 0.29) is 17.2 Å². The number of aromatic nitrogens is 2. The molecule has 8 nitrogen and oxygen atoms in total. The van der Waals surface area contributed by atoms with Crippen molar-refractivity contribution in [3.63, 3.8) is 0 Å². The molecule has 0 spiro atoms. The van der Waals surface area contributed by atoms with Crippen LogP contribution in [0.2, 0.25) is 0 Å². The zero-order valence-electron chi connectivity index (χ0n) is 11.1. The summed E-state index contributed by atoms with van der Waals surface area (Å²) in [6.07, 6.45) is 3.34. The summed E-state index contributed by atoms with van der Waals surface area (Å²) in [7, 11) is 0. The quantitative estimate of drug-likeness (QED) is 0.472. The number of nitrogens with zero attached hydrogens (tertiary/aromatic N) is 3. The zero-order valence-corrected chi connectivity index (χ0v) is 11.1. The van der Waals surface area contributed by atoms with Crippen LogP contribution < -0.4 is 10.3 Å². The van der Waals surface area contributed by atoms with E-state index < -0.39 is 16.2 Å². The van der Waals surface area contributed by atoms with Crippen molar-refractivity contribution in [3.05, 3.63) is 56.6 Å². The van der Waals surface area contributed by atoms with Gasteiger partial charge in [-0.2, -0.15) is 0 Å². The fourth-order valence-corrected chi connectivity index (χ4v) is 1.69. The molecule has 0 saturated carbocycles. The Morgan fingerprint density at radius 2 is 2.24 bits per heavy atom. The Bertz CT molecular complexity index is 754. The fraction of sp³-hybridized carbons (Fsp3) is 0.154. The molecule has 0 amide bonds. The third-order valence-corrected chi connectivity index (χ3v) is 2.75.